The van der Waals surface area contributed by atoms with E-state index in [2.05, 4.69) is 15.7 Å². The van der Waals surface area contributed by atoms with Gasteiger partial charge in [-0.05, 0) is 48.9 Å². The van der Waals surface area contributed by atoms with Crippen LogP contribution in [0, 0.1) is 12.7 Å². The number of carbonyl (C=O) groups is 2. The van der Waals surface area contributed by atoms with Crippen molar-refractivity contribution in [3.63, 3.8) is 0 Å². The lowest BCUT2D eigenvalue weighted by Crippen LogP contribution is -2.50. The van der Waals surface area contributed by atoms with Gasteiger partial charge in [-0.1, -0.05) is 48.5 Å². The van der Waals surface area contributed by atoms with Crippen molar-refractivity contribution in [2.45, 2.75) is 18.9 Å². The zero-order valence-corrected chi connectivity index (χ0v) is 17.8. The molecule has 6 nitrogen and oxygen atoms in total. The molecule has 0 aliphatic carbocycles. The topological polar surface area (TPSA) is 76.0 Å². The number of nitrogens with zero attached hydrogens (tertiary/aromatic N) is 2. The number of nitrogens with one attached hydrogen (secondary N) is 2. The third-order valence-electron chi connectivity index (χ3n) is 5.81. The number of aryl methyl sites for hydroxylation is 1. The molecule has 33 heavy (non-hydrogen) atoms. The van der Waals surface area contributed by atoms with Crippen LogP contribution in [0.25, 0.3) is 5.69 Å². The van der Waals surface area contributed by atoms with Gasteiger partial charge in [0.05, 0.1) is 11.4 Å². The van der Waals surface area contributed by atoms with E-state index in [9.17, 15) is 14.0 Å². The highest BCUT2D eigenvalue weighted by atomic mass is 19.1. The molecule has 164 valence electrons. The Hall–Kier alpha value is -4.26. The maximum Gasteiger partial charge on any atom is 0.251 e. The smallest absolute Gasteiger partial charge is 0.251 e. The molecular formula is C26H21FN4O2. The highest BCUT2D eigenvalue weighted by molar-refractivity contribution is 6.04. The van der Waals surface area contributed by atoms with E-state index in [1.165, 1.54) is 12.1 Å². The Kier molecular flexibility index (Phi) is 5.22. The minimum Gasteiger partial charge on any atom is -0.339 e. The predicted molar refractivity (Wildman–Crippen MR) is 123 cm³/mol. The molecule has 1 aromatic heterocycles. The van der Waals surface area contributed by atoms with E-state index in [-0.39, 0.29) is 5.91 Å². The Morgan fingerprint density at radius 1 is 1.00 bits per heavy atom. The van der Waals surface area contributed by atoms with Gasteiger partial charge < -0.3 is 10.6 Å². The summed E-state index contributed by atoms with van der Waals surface area (Å²) in [6, 6.07) is 23.3. The van der Waals surface area contributed by atoms with Crippen LogP contribution in [0.15, 0.2) is 84.9 Å². The van der Waals surface area contributed by atoms with Crippen LogP contribution in [-0.2, 0) is 4.79 Å². The molecule has 2 atom stereocenters. The van der Waals surface area contributed by atoms with E-state index in [1.807, 2.05) is 43.3 Å². The molecule has 0 fully saturated rings. The number of anilines is 1. The summed E-state index contributed by atoms with van der Waals surface area (Å²) >= 11 is 0. The van der Waals surface area contributed by atoms with E-state index in [0.29, 0.717) is 22.6 Å². The summed E-state index contributed by atoms with van der Waals surface area (Å²) in [5, 5.41) is 10.4. The molecule has 1 aliphatic rings. The van der Waals surface area contributed by atoms with Crippen molar-refractivity contribution in [3.8, 4) is 5.69 Å². The van der Waals surface area contributed by atoms with Crippen LogP contribution >= 0.6 is 0 Å². The Labute approximate surface area is 190 Å². The average molecular weight is 440 g/mol. The summed E-state index contributed by atoms with van der Waals surface area (Å²) in [6.45, 7) is 1.85. The normalized spacial score (nSPS) is 17.2. The number of hydrogen-bond acceptors (Lipinski definition) is 3. The number of aromatic nitrogens is 2. The lowest BCUT2D eigenvalue weighted by molar-refractivity contribution is -0.118. The molecule has 0 spiro atoms. The molecule has 4 aromatic rings. The van der Waals surface area contributed by atoms with Crippen LogP contribution in [0.1, 0.15) is 33.1 Å². The zero-order valence-electron chi connectivity index (χ0n) is 17.8. The van der Waals surface area contributed by atoms with Crippen LogP contribution in [-0.4, -0.2) is 27.6 Å². The predicted octanol–water partition coefficient (Wildman–Crippen LogP) is 4.20. The number of benzene rings is 3. The first-order chi connectivity index (χ1) is 16.0. The molecule has 0 saturated heterocycles. The molecule has 3 aromatic carbocycles. The molecule has 2 amide bonds. The van der Waals surface area contributed by atoms with Gasteiger partial charge in [0.25, 0.3) is 5.91 Å². The van der Waals surface area contributed by atoms with Gasteiger partial charge in [-0.3, -0.25) is 9.59 Å². The summed E-state index contributed by atoms with van der Waals surface area (Å²) < 4.78 is 15.9. The third-order valence-corrected chi connectivity index (χ3v) is 5.81. The monoisotopic (exact) mass is 440 g/mol. The number of rotatable bonds is 4. The Morgan fingerprint density at radius 2 is 1.70 bits per heavy atom. The quantitative estimate of drug-likeness (QED) is 0.499. The van der Waals surface area contributed by atoms with Gasteiger partial charge in [0.1, 0.15) is 17.7 Å². The summed E-state index contributed by atoms with van der Waals surface area (Å²) in [4.78, 5) is 26.3. The van der Waals surface area contributed by atoms with Crippen LogP contribution in [0.5, 0.6) is 0 Å². The lowest BCUT2D eigenvalue weighted by atomic mass is 9.81. The van der Waals surface area contributed by atoms with E-state index in [4.69, 9.17) is 0 Å². The second-order valence-electron chi connectivity index (χ2n) is 7.93. The maximum atomic E-state index is 14.2. The van der Waals surface area contributed by atoms with Gasteiger partial charge in [0.15, 0.2) is 0 Å². The fraction of sp³-hybridized carbons (Fsp3) is 0.115. The number of para-hydroxylation sites is 1. The Morgan fingerprint density at radius 3 is 2.39 bits per heavy atom. The lowest BCUT2D eigenvalue weighted by Gasteiger charge is -2.32. The first kappa shape index (κ1) is 20.6. The molecule has 0 saturated carbocycles. The van der Waals surface area contributed by atoms with Crippen LogP contribution < -0.4 is 10.6 Å². The number of carbonyl (C=O) groups excluding carboxylic acids is 2. The molecule has 0 bridgehead atoms. The average Bonchev–Trinajstić information content (AvgIpc) is 3.16. The van der Waals surface area contributed by atoms with Crippen LogP contribution in [0.4, 0.5) is 10.2 Å². The molecule has 1 aliphatic heterocycles. The number of halogens is 1. The largest absolute Gasteiger partial charge is 0.339 e. The van der Waals surface area contributed by atoms with Crippen molar-refractivity contribution in [1.29, 1.82) is 0 Å². The fourth-order valence-corrected chi connectivity index (χ4v) is 4.32. The molecule has 7 heteroatoms. The molecule has 0 unspecified atom stereocenters. The minimum atomic E-state index is -0.945. The summed E-state index contributed by atoms with van der Waals surface area (Å²) in [5.41, 5.74) is 3.22. The summed E-state index contributed by atoms with van der Waals surface area (Å²) in [6.07, 6.45) is 0. The van der Waals surface area contributed by atoms with Gasteiger partial charge in [0, 0.05) is 17.0 Å². The van der Waals surface area contributed by atoms with Crippen molar-refractivity contribution in [1.82, 2.24) is 15.1 Å². The summed E-state index contributed by atoms with van der Waals surface area (Å²) in [5.74, 6) is -1.29. The SMILES string of the molecule is Cc1nn(-c2ccccc2)c2c1[C@H](c1cccc(F)c1)[C@H](NC(=O)c1ccccc1)C(=O)N2. The molecule has 5 rings (SSSR count). The molecule has 2 heterocycles. The minimum absolute atomic E-state index is 0.381. The number of amides is 2. The fourth-order valence-electron chi connectivity index (χ4n) is 4.32. The van der Waals surface area contributed by atoms with E-state index in [0.717, 1.165) is 11.3 Å². The zero-order chi connectivity index (χ0) is 22.9. The molecular weight excluding hydrogens is 419 g/mol. The van der Waals surface area contributed by atoms with Gasteiger partial charge >= 0.3 is 0 Å². The van der Waals surface area contributed by atoms with Crippen LogP contribution in [0.2, 0.25) is 0 Å². The van der Waals surface area contributed by atoms with E-state index < -0.39 is 23.7 Å². The van der Waals surface area contributed by atoms with Crippen molar-refractivity contribution in [2.75, 3.05) is 5.32 Å². The third kappa shape index (κ3) is 3.78. The highest BCUT2D eigenvalue weighted by Gasteiger charge is 2.42. The van der Waals surface area contributed by atoms with Gasteiger partial charge in [-0.15, -0.1) is 0 Å². The van der Waals surface area contributed by atoms with Gasteiger partial charge in [-0.2, -0.15) is 5.10 Å². The van der Waals surface area contributed by atoms with Gasteiger partial charge in [-0.25, -0.2) is 9.07 Å². The molecule has 2 N–H and O–H groups in total. The molecule has 0 radical (unpaired) electrons. The Bertz CT molecular complexity index is 1340. The number of hydrogen-bond donors (Lipinski definition) is 2. The van der Waals surface area contributed by atoms with Crippen molar-refractivity contribution >= 4 is 17.6 Å². The van der Waals surface area contributed by atoms with Crippen molar-refractivity contribution in [3.05, 3.63) is 113 Å². The van der Waals surface area contributed by atoms with Crippen molar-refractivity contribution in [2.24, 2.45) is 0 Å². The van der Waals surface area contributed by atoms with E-state index >= 15 is 0 Å². The van der Waals surface area contributed by atoms with Gasteiger partial charge in [0.2, 0.25) is 5.91 Å². The maximum absolute atomic E-state index is 14.2. The van der Waals surface area contributed by atoms with E-state index in [1.54, 1.807) is 41.1 Å². The second kappa shape index (κ2) is 8.35. The Balaban J connectivity index is 1.64. The summed E-state index contributed by atoms with van der Waals surface area (Å²) in [7, 11) is 0. The number of fused-ring (bicyclic) bond motifs is 1. The van der Waals surface area contributed by atoms with Crippen molar-refractivity contribution < 1.29 is 14.0 Å². The first-order valence-corrected chi connectivity index (χ1v) is 10.6. The second-order valence-corrected chi connectivity index (χ2v) is 7.93. The highest BCUT2D eigenvalue weighted by Crippen LogP contribution is 2.40. The standard InChI is InChI=1S/C26H21FN4O2/c1-16-21-22(18-11-8-12-19(27)15-18)23(28-25(32)17-9-4-2-5-10-17)26(33)29-24(21)31(30-16)20-13-6-3-7-14-20/h2-15,22-23H,1H3,(H,28,32)(H,29,33)/t22-,23-/m0/s1. The first-order valence-electron chi connectivity index (χ1n) is 10.6. The van der Waals surface area contributed by atoms with Crippen LogP contribution in [0.3, 0.4) is 0 Å².